The van der Waals surface area contributed by atoms with Crippen molar-refractivity contribution in [1.29, 1.82) is 0 Å². The molecule has 3 N–H and O–H groups in total. The van der Waals surface area contributed by atoms with E-state index in [0.29, 0.717) is 5.82 Å². The topological polar surface area (TPSA) is 87.6 Å². The Morgan fingerprint density at radius 1 is 1.10 bits per heavy atom. The molecule has 1 unspecified atom stereocenters. The van der Waals surface area contributed by atoms with Crippen LogP contribution in [0.3, 0.4) is 0 Å². The molecule has 2 amide bonds. The summed E-state index contributed by atoms with van der Waals surface area (Å²) in [4.78, 5) is 19.8. The molecule has 0 saturated heterocycles. The molecule has 2 heterocycles. The molecular formula is C20H17F3N6O. The van der Waals surface area contributed by atoms with Crippen LogP contribution in [-0.4, -0.2) is 25.8 Å². The van der Waals surface area contributed by atoms with Gasteiger partial charge in [0.05, 0.1) is 28.3 Å². The first kappa shape index (κ1) is 19.5. The number of amides is 2. The number of carbonyl (C=O) groups is 1. The normalized spacial score (nSPS) is 12.7. The molecule has 0 aliphatic carbocycles. The van der Waals surface area contributed by atoms with Gasteiger partial charge in [-0.1, -0.05) is 24.3 Å². The van der Waals surface area contributed by atoms with E-state index in [2.05, 4.69) is 25.7 Å². The molecule has 1 atom stereocenters. The molecule has 0 aliphatic heterocycles. The number of fused-ring (bicyclic) bond motifs is 1. The number of imidazole rings is 1. The summed E-state index contributed by atoms with van der Waals surface area (Å²) in [5.74, 6) is 0.692. The van der Waals surface area contributed by atoms with E-state index in [4.69, 9.17) is 0 Å². The summed E-state index contributed by atoms with van der Waals surface area (Å²) in [7, 11) is 0. The van der Waals surface area contributed by atoms with Gasteiger partial charge in [0.2, 0.25) is 0 Å². The van der Waals surface area contributed by atoms with E-state index in [1.54, 1.807) is 6.92 Å². The summed E-state index contributed by atoms with van der Waals surface area (Å²) >= 11 is 0. The molecule has 0 spiro atoms. The molecule has 30 heavy (non-hydrogen) atoms. The van der Waals surface area contributed by atoms with Crippen LogP contribution >= 0.6 is 0 Å². The van der Waals surface area contributed by atoms with Crippen LogP contribution in [0.15, 0.2) is 60.8 Å². The fraction of sp³-hybridized carbons (Fsp3) is 0.150. The summed E-state index contributed by atoms with van der Waals surface area (Å²) in [6.45, 7) is 1.76. The number of halogens is 3. The number of H-pyrrole nitrogens is 1. The zero-order valence-electron chi connectivity index (χ0n) is 15.7. The number of alkyl halides is 3. The zero-order valence-corrected chi connectivity index (χ0v) is 15.7. The molecule has 2 aromatic heterocycles. The molecule has 0 aliphatic rings. The van der Waals surface area contributed by atoms with E-state index < -0.39 is 23.8 Å². The Morgan fingerprint density at radius 3 is 2.60 bits per heavy atom. The number of rotatable bonds is 4. The van der Waals surface area contributed by atoms with Crippen LogP contribution in [0.4, 0.5) is 23.8 Å². The maximum atomic E-state index is 13.2. The highest BCUT2D eigenvalue weighted by atomic mass is 19.4. The van der Waals surface area contributed by atoms with E-state index in [-0.39, 0.29) is 11.5 Å². The van der Waals surface area contributed by atoms with Crippen molar-refractivity contribution in [1.82, 2.24) is 25.1 Å². The van der Waals surface area contributed by atoms with Crippen molar-refractivity contribution < 1.29 is 18.0 Å². The van der Waals surface area contributed by atoms with Crippen molar-refractivity contribution >= 4 is 22.9 Å². The standard InChI is InChI=1S/C20H17F3N6O/c1-12(18-25-14-7-3-4-8-15(14)26-18)24-19(30)27-17-10-11-29(28-17)16-9-5-2-6-13(16)20(21,22)23/h2-12H,1H3,(H,25,26)(H2,24,27,28,30). The number of hydrogen-bond donors (Lipinski definition) is 3. The lowest BCUT2D eigenvalue weighted by Gasteiger charge is -2.13. The molecule has 0 saturated carbocycles. The van der Waals surface area contributed by atoms with Gasteiger partial charge in [-0.2, -0.15) is 13.2 Å². The summed E-state index contributed by atoms with van der Waals surface area (Å²) in [6, 6.07) is 13.0. The molecule has 0 bridgehead atoms. The number of para-hydroxylation sites is 3. The third-order valence-electron chi connectivity index (χ3n) is 4.45. The van der Waals surface area contributed by atoms with Crippen LogP contribution in [0.2, 0.25) is 0 Å². The Balaban J connectivity index is 1.46. The fourth-order valence-corrected chi connectivity index (χ4v) is 3.03. The summed E-state index contributed by atoms with van der Waals surface area (Å²) in [5.41, 5.74) is 0.684. The van der Waals surface area contributed by atoms with Gasteiger partial charge in [0.25, 0.3) is 0 Å². The Bertz CT molecular complexity index is 1160. The zero-order chi connectivity index (χ0) is 21.3. The molecule has 0 radical (unpaired) electrons. The van der Waals surface area contributed by atoms with Gasteiger partial charge >= 0.3 is 12.2 Å². The van der Waals surface area contributed by atoms with Gasteiger partial charge in [0.1, 0.15) is 5.82 Å². The SMILES string of the molecule is CC(NC(=O)Nc1ccn(-c2ccccc2C(F)(F)F)n1)c1nc2ccccc2[nH]1. The number of aromatic nitrogens is 4. The fourth-order valence-electron chi connectivity index (χ4n) is 3.03. The molecule has 0 fully saturated rings. The van der Waals surface area contributed by atoms with Crippen LogP contribution in [0.1, 0.15) is 24.4 Å². The van der Waals surface area contributed by atoms with Crippen molar-refractivity contribution in [2.45, 2.75) is 19.1 Å². The highest BCUT2D eigenvalue weighted by Gasteiger charge is 2.33. The maximum absolute atomic E-state index is 13.2. The molecular weight excluding hydrogens is 397 g/mol. The predicted molar refractivity (Wildman–Crippen MR) is 105 cm³/mol. The average molecular weight is 414 g/mol. The molecule has 10 heteroatoms. The minimum atomic E-state index is -4.52. The summed E-state index contributed by atoms with van der Waals surface area (Å²) in [5, 5.41) is 9.27. The van der Waals surface area contributed by atoms with Gasteiger partial charge in [-0.3, -0.25) is 5.32 Å². The lowest BCUT2D eigenvalue weighted by atomic mass is 10.2. The third-order valence-corrected chi connectivity index (χ3v) is 4.45. The van der Waals surface area contributed by atoms with Crippen molar-refractivity contribution in [2.24, 2.45) is 0 Å². The lowest BCUT2D eigenvalue weighted by Crippen LogP contribution is -2.31. The second-order valence-electron chi connectivity index (χ2n) is 6.62. The van der Waals surface area contributed by atoms with Crippen LogP contribution in [0.5, 0.6) is 0 Å². The Kier molecular flexibility index (Phi) is 4.90. The lowest BCUT2D eigenvalue weighted by molar-refractivity contribution is -0.137. The molecule has 4 rings (SSSR count). The van der Waals surface area contributed by atoms with Gasteiger partial charge in [-0.15, -0.1) is 5.10 Å². The monoisotopic (exact) mass is 414 g/mol. The molecule has 154 valence electrons. The first-order valence-electron chi connectivity index (χ1n) is 9.06. The van der Waals surface area contributed by atoms with E-state index in [1.165, 1.54) is 30.5 Å². The second kappa shape index (κ2) is 7.54. The number of anilines is 1. The Morgan fingerprint density at radius 2 is 1.83 bits per heavy atom. The minimum absolute atomic E-state index is 0.112. The molecule has 4 aromatic rings. The number of nitrogens with one attached hydrogen (secondary N) is 3. The van der Waals surface area contributed by atoms with Crippen molar-refractivity contribution in [2.75, 3.05) is 5.32 Å². The van der Waals surface area contributed by atoms with E-state index >= 15 is 0 Å². The highest BCUT2D eigenvalue weighted by molar-refractivity contribution is 5.88. The van der Waals surface area contributed by atoms with E-state index in [1.807, 2.05) is 24.3 Å². The van der Waals surface area contributed by atoms with Crippen LogP contribution < -0.4 is 10.6 Å². The van der Waals surface area contributed by atoms with Gasteiger partial charge < -0.3 is 10.3 Å². The number of carbonyl (C=O) groups excluding carboxylic acids is 1. The van der Waals surface area contributed by atoms with Crippen LogP contribution in [0.25, 0.3) is 16.7 Å². The first-order chi connectivity index (χ1) is 14.3. The first-order valence-corrected chi connectivity index (χ1v) is 9.06. The predicted octanol–water partition coefficient (Wildman–Crippen LogP) is 4.65. The van der Waals surface area contributed by atoms with Crippen molar-refractivity contribution in [3.05, 3.63) is 72.2 Å². The number of urea groups is 1. The van der Waals surface area contributed by atoms with Crippen molar-refractivity contribution in [3.63, 3.8) is 0 Å². The molecule has 2 aromatic carbocycles. The van der Waals surface area contributed by atoms with Crippen LogP contribution in [-0.2, 0) is 6.18 Å². The second-order valence-corrected chi connectivity index (χ2v) is 6.62. The largest absolute Gasteiger partial charge is 0.418 e. The van der Waals surface area contributed by atoms with E-state index in [9.17, 15) is 18.0 Å². The Labute approximate surface area is 168 Å². The third kappa shape index (κ3) is 3.97. The number of hydrogen-bond acceptors (Lipinski definition) is 3. The van der Waals surface area contributed by atoms with Crippen molar-refractivity contribution in [3.8, 4) is 5.69 Å². The van der Waals surface area contributed by atoms with Gasteiger partial charge in [-0.05, 0) is 31.2 Å². The summed E-state index contributed by atoms with van der Waals surface area (Å²) in [6.07, 6.45) is -3.17. The smallest absolute Gasteiger partial charge is 0.340 e. The Hall–Kier alpha value is -3.82. The van der Waals surface area contributed by atoms with Gasteiger partial charge in [0.15, 0.2) is 5.82 Å². The average Bonchev–Trinajstić information content (AvgIpc) is 3.34. The number of benzene rings is 2. The molecule has 7 nitrogen and oxygen atoms in total. The number of aromatic amines is 1. The number of nitrogens with zero attached hydrogens (tertiary/aromatic N) is 3. The maximum Gasteiger partial charge on any atom is 0.418 e. The van der Waals surface area contributed by atoms with Gasteiger partial charge in [0, 0.05) is 12.3 Å². The van der Waals surface area contributed by atoms with E-state index in [0.717, 1.165) is 21.8 Å². The summed E-state index contributed by atoms with van der Waals surface area (Å²) < 4.78 is 40.7. The van der Waals surface area contributed by atoms with Crippen LogP contribution in [0, 0.1) is 0 Å². The van der Waals surface area contributed by atoms with Gasteiger partial charge in [-0.25, -0.2) is 14.5 Å². The minimum Gasteiger partial charge on any atom is -0.340 e. The quantitative estimate of drug-likeness (QED) is 0.454. The highest BCUT2D eigenvalue weighted by Crippen LogP contribution is 2.33.